The normalized spacial score (nSPS) is 12.2. The van der Waals surface area contributed by atoms with E-state index in [1.54, 1.807) is 0 Å². The molecule has 2 nitrogen and oxygen atoms in total. The average Bonchev–Trinajstić information content (AvgIpc) is 2.63. The molecule has 0 radical (unpaired) electrons. The van der Waals surface area contributed by atoms with Gasteiger partial charge in [-0.1, -0.05) is 95.2 Å². The van der Waals surface area contributed by atoms with Crippen LogP contribution in [0.4, 0.5) is 0 Å². The van der Waals surface area contributed by atoms with Gasteiger partial charge < -0.3 is 10.0 Å². The molecule has 0 saturated carbocycles. The van der Waals surface area contributed by atoms with Gasteiger partial charge in [0.2, 0.25) is 0 Å². The van der Waals surface area contributed by atoms with E-state index in [9.17, 15) is 5.11 Å². The number of hydrogen-bond donors (Lipinski definition) is 1. The highest BCUT2D eigenvalue weighted by molar-refractivity contribution is 7.48. The van der Waals surface area contributed by atoms with Gasteiger partial charge in [0.25, 0.3) is 0 Å². The van der Waals surface area contributed by atoms with Crippen LogP contribution in [0.15, 0.2) is 72.8 Å². The van der Waals surface area contributed by atoms with Crippen LogP contribution >= 0.6 is 8.58 Å². The van der Waals surface area contributed by atoms with Crippen molar-refractivity contribution in [3.8, 4) is 16.9 Å². The second-order valence-corrected chi connectivity index (χ2v) is 9.75. The van der Waals surface area contributed by atoms with Crippen LogP contribution in [0.25, 0.3) is 11.1 Å². The van der Waals surface area contributed by atoms with Crippen molar-refractivity contribution in [2.24, 2.45) is 0 Å². The molecule has 0 spiro atoms. The van der Waals surface area contributed by atoms with Gasteiger partial charge in [0.05, 0.1) is 0 Å². The number of aromatic hydroxyl groups is 1. The zero-order valence-electron chi connectivity index (χ0n) is 16.5. The average molecular weight is 377 g/mol. The second kappa shape index (κ2) is 8.25. The first-order valence-electron chi connectivity index (χ1n) is 9.27. The maximum Gasteiger partial charge on any atom is 0.127 e. The zero-order chi connectivity index (χ0) is 19.4. The van der Waals surface area contributed by atoms with Gasteiger partial charge in [-0.25, -0.2) is 0 Å². The van der Waals surface area contributed by atoms with Crippen molar-refractivity contribution in [2.45, 2.75) is 25.5 Å². The number of rotatable bonds is 6. The van der Waals surface area contributed by atoms with Crippen molar-refractivity contribution in [1.82, 2.24) is 4.90 Å². The lowest BCUT2D eigenvalue weighted by Gasteiger charge is -2.29. The Kier molecular flexibility index (Phi) is 5.99. The maximum absolute atomic E-state index is 11.1. The SMILES string of the molecule is CN(C)Cc1ccccc1PC(C)(C)c1cccc(-c2ccccc2)c1O. The number of benzene rings is 3. The summed E-state index contributed by atoms with van der Waals surface area (Å²) in [7, 11) is 4.77. The quantitative estimate of drug-likeness (QED) is 0.585. The molecular weight excluding hydrogens is 349 g/mol. The predicted octanol–water partition coefficient (Wildman–Crippen LogP) is 5.36. The fourth-order valence-electron chi connectivity index (χ4n) is 3.42. The molecule has 3 aromatic rings. The fraction of sp³-hybridized carbons (Fsp3) is 0.250. The van der Waals surface area contributed by atoms with Crippen LogP contribution in [0.3, 0.4) is 0 Å². The molecule has 27 heavy (non-hydrogen) atoms. The monoisotopic (exact) mass is 377 g/mol. The molecule has 0 amide bonds. The highest BCUT2D eigenvalue weighted by Gasteiger charge is 2.26. The summed E-state index contributed by atoms with van der Waals surface area (Å²) in [5.41, 5.74) is 4.30. The van der Waals surface area contributed by atoms with E-state index in [1.165, 1.54) is 10.9 Å². The molecular formula is C24H28NOP. The maximum atomic E-state index is 11.1. The molecule has 1 N–H and O–H groups in total. The molecule has 0 aliphatic carbocycles. The Bertz CT molecular complexity index is 903. The van der Waals surface area contributed by atoms with Crippen LogP contribution in [0.1, 0.15) is 25.0 Å². The molecule has 0 bridgehead atoms. The minimum Gasteiger partial charge on any atom is -0.507 e. The third-order valence-electron chi connectivity index (χ3n) is 4.75. The van der Waals surface area contributed by atoms with E-state index >= 15 is 0 Å². The van der Waals surface area contributed by atoms with E-state index in [2.05, 4.69) is 69.2 Å². The first-order chi connectivity index (χ1) is 12.9. The number of para-hydroxylation sites is 1. The van der Waals surface area contributed by atoms with E-state index in [0.717, 1.165) is 23.2 Å². The largest absolute Gasteiger partial charge is 0.507 e. The number of nitrogens with zero attached hydrogens (tertiary/aromatic N) is 1. The van der Waals surface area contributed by atoms with Crippen LogP contribution in [0.2, 0.25) is 0 Å². The fourth-order valence-corrected chi connectivity index (χ4v) is 4.94. The minimum atomic E-state index is -0.155. The van der Waals surface area contributed by atoms with Crippen molar-refractivity contribution in [2.75, 3.05) is 14.1 Å². The standard InChI is InChI=1S/C24H28NOP/c1-24(2,27-22-16-9-8-13-19(22)17-25(3)4)21-15-10-14-20(23(21)26)18-11-6-5-7-12-18/h5-16,26-27H,17H2,1-4H3. The van der Waals surface area contributed by atoms with E-state index < -0.39 is 0 Å². The van der Waals surface area contributed by atoms with E-state index in [0.29, 0.717) is 14.3 Å². The van der Waals surface area contributed by atoms with Crippen molar-refractivity contribution in [3.05, 3.63) is 83.9 Å². The van der Waals surface area contributed by atoms with Crippen molar-refractivity contribution in [1.29, 1.82) is 0 Å². The molecule has 0 saturated heterocycles. The summed E-state index contributed by atoms with van der Waals surface area (Å²) < 4.78 is 0. The summed E-state index contributed by atoms with van der Waals surface area (Å²) in [5, 5.41) is 12.3. The lowest BCUT2D eigenvalue weighted by atomic mass is 9.95. The van der Waals surface area contributed by atoms with E-state index in [4.69, 9.17) is 0 Å². The van der Waals surface area contributed by atoms with E-state index in [-0.39, 0.29) is 5.16 Å². The first-order valence-corrected chi connectivity index (χ1v) is 10.3. The number of phenolic OH excluding ortho intramolecular Hbond substituents is 1. The van der Waals surface area contributed by atoms with Gasteiger partial charge in [-0.3, -0.25) is 0 Å². The van der Waals surface area contributed by atoms with E-state index in [1.807, 2.05) is 36.4 Å². The molecule has 0 aliphatic heterocycles. The van der Waals surface area contributed by atoms with Gasteiger partial charge in [0.15, 0.2) is 0 Å². The van der Waals surface area contributed by atoms with Gasteiger partial charge in [-0.05, 0) is 30.5 Å². The Labute approximate surface area is 164 Å². The summed E-state index contributed by atoms with van der Waals surface area (Å²) in [6.07, 6.45) is 0. The third kappa shape index (κ3) is 4.58. The van der Waals surface area contributed by atoms with Crippen LogP contribution < -0.4 is 5.30 Å². The van der Waals surface area contributed by atoms with Gasteiger partial charge in [0, 0.05) is 22.8 Å². The minimum absolute atomic E-state index is 0.155. The Balaban J connectivity index is 1.97. The summed E-state index contributed by atoms with van der Waals surface area (Å²) in [6.45, 7) is 5.37. The molecule has 3 aromatic carbocycles. The molecule has 1 atom stereocenters. The Hall–Kier alpha value is -2.15. The van der Waals surface area contributed by atoms with Crippen LogP contribution in [0.5, 0.6) is 5.75 Å². The Morgan fingerprint density at radius 2 is 1.52 bits per heavy atom. The Morgan fingerprint density at radius 1 is 0.852 bits per heavy atom. The van der Waals surface area contributed by atoms with Crippen molar-refractivity contribution < 1.29 is 5.11 Å². The molecule has 0 heterocycles. The topological polar surface area (TPSA) is 23.5 Å². The Morgan fingerprint density at radius 3 is 2.22 bits per heavy atom. The zero-order valence-corrected chi connectivity index (χ0v) is 17.5. The molecule has 140 valence electrons. The molecule has 0 fully saturated rings. The lowest BCUT2D eigenvalue weighted by molar-refractivity contribution is 0.403. The first kappa shape index (κ1) is 19.6. The smallest absolute Gasteiger partial charge is 0.127 e. The summed E-state index contributed by atoms with van der Waals surface area (Å²) in [5.74, 6) is 0.395. The summed E-state index contributed by atoms with van der Waals surface area (Å²) in [4.78, 5) is 2.20. The molecule has 1 unspecified atom stereocenters. The molecule has 0 aliphatic rings. The van der Waals surface area contributed by atoms with Gasteiger partial charge in [0.1, 0.15) is 5.75 Å². The highest BCUT2D eigenvalue weighted by atomic mass is 31.1. The van der Waals surface area contributed by atoms with Crippen LogP contribution in [-0.4, -0.2) is 24.1 Å². The second-order valence-electron chi connectivity index (χ2n) is 7.71. The predicted molar refractivity (Wildman–Crippen MR) is 118 cm³/mol. The lowest BCUT2D eigenvalue weighted by Crippen LogP contribution is -2.20. The van der Waals surface area contributed by atoms with Crippen LogP contribution in [-0.2, 0) is 11.7 Å². The summed E-state index contributed by atoms with van der Waals surface area (Å²) >= 11 is 0. The van der Waals surface area contributed by atoms with Gasteiger partial charge in [-0.2, -0.15) is 0 Å². The van der Waals surface area contributed by atoms with Crippen molar-refractivity contribution in [3.63, 3.8) is 0 Å². The molecule has 3 rings (SSSR count). The summed E-state index contributed by atoms with van der Waals surface area (Å²) in [6, 6.07) is 24.8. The number of phenols is 1. The highest BCUT2D eigenvalue weighted by Crippen LogP contribution is 2.47. The van der Waals surface area contributed by atoms with Gasteiger partial charge in [-0.15, -0.1) is 0 Å². The third-order valence-corrected chi connectivity index (χ3v) is 6.40. The van der Waals surface area contributed by atoms with Gasteiger partial charge >= 0.3 is 0 Å². The van der Waals surface area contributed by atoms with Crippen LogP contribution in [0, 0.1) is 0 Å². The number of hydrogen-bond acceptors (Lipinski definition) is 2. The molecule has 0 aromatic heterocycles. The van der Waals surface area contributed by atoms with Crippen molar-refractivity contribution >= 4 is 13.9 Å². The molecule has 3 heteroatoms.